The molecule has 2 heterocycles. The van der Waals surface area contributed by atoms with Crippen molar-refractivity contribution in [3.63, 3.8) is 0 Å². The van der Waals surface area contributed by atoms with Crippen LogP contribution >= 0.6 is 0 Å². The quantitative estimate of drug-likeness (QED) is 0.446. The predicted octanol–water partition coefficient (Wildman–Crippen LogP) is 4.78. The van der Waals surface area contributed by atoms with Crippen LogP contribution in [0, 0.1) is 11.6 Å². The molecule has 38 heavy (non-hydrogen) atoms. The van der Waals surface area contributed by atoms with E-state index in [-0.39, 0.29) is 35.3 Å². The van der Waals surface area contributed by atoms with Gasteiger partial charge < -0.3 is 10.2 Å². The van der Waals surface area contributed by atoms with Crippen molar-refractivity contribution in [3.05, 3.63) is 64.5 Å². The standard InChI is InChI=1S/C25H28F5N5O3/c1-13-6-7-14(2)35(13)23(37)17-10-20(27)21(31-12-17)15(3)32-24(38)34(5)33(4)22(36)16-8-18(25(28,29)30)11-19(26)9-16/h8-15H,6-7H2,1-5H3,(H,32,38)/t13-,14+,15-/m1/s1. The van der Waals surface area contributed by atoms with Crippen LogP contribution in [0.15, 0.2) is 30.5 Å². The summed E-state index contributed by atoms with van der Waals surface area (Å²) in [6.45, 7) is 5.26. The second-order valence-electron chi connectivity index (χ2n) is 9.33. The molecule has 13 heteroatoms. The summed E-state index contributed by atoms with van der Waals surface area (Å²) in [6, 6.07) is 0.502. The molecule has 1 fully saturated rings. The number of amides is 4. The Hall–Kier alpha value is -3.77. The highest BCUT2D eigenvalue weighted by Gasteiger charge is 2.34. The predicted molar refractivity (Wildman–Crippen MR) is 127 cm³/mol. The van der Waals surface area contributed by atoms with Gasteiger partial charge in [0.25, 0.3) is 11.8 Å². The van der Waals surface area contributed by atoms with Gasteiger partial charge in [0, 0.05) is 37.9 Å². The van der Waals surface area contributed by atoms with E-state index in [0.717, 1.165) is 38.0 Å². The summed E-state index contributed by atoms with van der Waals surface area (Å²) in [5.74, 6) is -3.52. The number of pyridine rings is 1. The van der Waals surface area contributed by atoms with Gasteiger partial charge in [-0.15, -0.1) is 0 Å². The van der Waals surface area contributed by atoms with Crippen molar-refractivity contribution in [1.29, 1.82) is 0 Å². The molecule has 1 saturated heterocycles. The highest BCUT2D eigenvalue weighted by molar-refractivity contribution is 5.95. The molecule has 206 valence electrons. The Kier molecular flexibility index (Phi) is 8.27. The fourth-order valence-electron chi connectivity index (χ4n) is 4.31. The average Bonchev–Trinajstić information content (AvgIpc) is 3.18. The number of aromatic nitrogens is 1. The Bertz CT molecular complexity index is 1230. The van der Waals surface area contributed by atoms with Crippen LogP contribution < -0.4 is 5.32 Å². The number of alkyl halides is 3. The number of likely N-dealkylation sites (tertiary alicyclic amines) is 1. The second kappa shape index (κ2) is 10.9. The molecule has 8 nitrogen and oxygen atoms in total. The van der Waals surface area contributed by atoms with E-state index < -0.39 is 46.9 Å². The van der Waals surface area contributed by atoms with E-state index in [4.69, 9.17) is 0 Å². The van der Waals surface area contributed by atoms with Gasteiger partial charge in [0.1, 0.15) is 11.6 Å². The molecule has 0 aliphatic carbocycles. The van der Waals surface area contributed by atoms with Crippen LogP contribution in [0.1, 0.15) is 71.6 Å². The molecule has 3 rings (SSSR count). The van der Waals surface area contributed by atoms with Gasteiger partial charge in [0.2, 0.25) is 0 Å². The number of halogens is 5. The zero-order chi connectivity index (χ0) is 28.5. The molecule has 0 saturated carbocycles. The van der Waals surface area contributed by atoms with Crippen molar-refractivity contribution in [2.45, 2.75) is 57.9 Å². The van der Waals surface area contributed by atoms with E-state index in [0.29, 0.717) is 17.1 Å². The number of carbonyl (C=O) groups excluding carboxylic acids is 3. The molecule has 2 aromatic rings. The third kappa shape index (κ3) is 6.03. The molecule has 1 aromatic heterocycles. The van der Waals surface area contributed by atoms with E-state index in [1.54, 1.807) is 4.90 Å². The van der Waals surface area contributed by atoms with Crippen molar-refractivity contribution in [3.8, 4) is 0 Å². The lowest BCUT2D eigenvalue weighted by molar-refractivity contribution is -0.137. The zero-order valence-corrected chi connectivity index (χ0v) is 21.4. The first kappa shape index (κ1) is 28.8. The molecule has 0 radical (unpaired) electrons. The normalized spacial score (nSPS) is 18.2. The van der Waals surface area contributed by atoms with E-state index in [9.17, 15) is 36.3 Å². The van der Waals surface area contributed by atoms with Crippen LogP contribution in [-0.4, -0.2) is 63.9 Å². The summed E-state index contributed by atoms with van der Waals surface area (Å²) in [5, 5.41) is 3.85. The molecule has 1 N–H and O–H groups in total. The molecule has 1 aromatic carbocycles. The summed E-state index contributed by atoms with van der Waals surface area (Å²) in [4.78, 5) is 43.9. The third-order valence-corrected chi connectivity index (χ3v) is 6.56. The molecule has 0 spiro atoms. The van der Waals surface area contributed by atoms with Crippen LogP contribution in [0.4, 0.5) is 26.7 Å². The van der Waals surface area contributed by atoms with E-state index in [1.165, 1.54) is 13.1 Å². The van der Waals surface area contributed by atoms with E-state index >= 15 is 0 Å². The smallest absolute Gasteiger partial charge is 0.333 e. The maximum absolute atomic E-state index is 14.9. The van der Waals surface area contributed by atoms with Crippen molar-refractivity contribution in [1.82, 2.24) is 25.2 Å². The third-order valence-electron chi connectivity index (χ3n) is 6.56. The Labute approximate surface area is 216 Å². The molecular formula is C25H28F5N5O3. The number of hydrazine groups is 1. The number of hydrogen-bond donors (Lipinski definition) is 1. The Morgan fingerprint density at radius 3 is 2.16 bits per heavy atom. The fourth-order valence-corrected chi connectivity index (χ4v) is 4.31. The van der Waals surface area contributed by atoms with Crippen LogP contribution in [0.5, 0.6) is 0 Å². The van der Waals surface area contributed by atoms with Crippen LogP contribution in [0.25, 0.3) is 0 Å². The molecule has 3 atom stereocenters. The van der Waals surface area contributed by atoms with Crippen LogP contribution in [0.2, 0.25) is 0 Å². The summed E-state index contributed by atoms with van der Waals surface area (Å²) in [6.07, 6.45) is -1.96. The van der Waals surface area contributed by atoms with Crippen LogP contribution in [-0.2, 0) is 6.18 Å². The SMILES string of the molecule is C[C@@H]1CC[C@H](C)N1C(=O)c1cnc([C@@H](C)NC(=O)N(C)N(C)C(=O)c2cc(F)cc(C(F)(F)F)c2)c(F)c1. The monoisotopic (exact) mass is 541 g/mol. The second-order valence-corrected chi connectivity index (χ2v) is 9.33. The minimum atomic E-state index is -4.88. The largest absolute Gasteiger partial charge is 0.416 e. The van der Waals surface area contributed by atoms with Gasteiger partial charge >= 0.3 is 12.2 Å². The number of carbonyl (C=O) groups is 3. The highest BCUT2D eigenvalue weighted by atomic mass is 19.4. The first-order chi connectivity index (χ1) is 17.6. The molecule has 1 aliphatic rings. The molecule has 4 amide bonds. The number of nitrogens with one attached hydrogen (secondary N) is 1. The summed E-state index contributed by atoms with van der Waals surface area (Å²) in [7, 11) is 2.25. The van der Waals surface area contributed by atoms with Gasteiger partial charge in [-0.2, -0.15) is 13.2 Å². The van der Waals surface area contributed by atoms with Crippen molar-refractivity contribution in [2.75, 3.05) is 14.1 Å². The molecular weight excluding hydrogens is 513 g/mol. The van der Waals surface area contributed by atoms with Gasteiger partial charge in [-0.3, -0.25) is 14.6 Å². The maximum Gasteiger partial charge on any atom is 0.416 e. The summed E-state index contributed by atoms with van der Waals surface area (Å²) >= 11 is 0. The number of rotatable bonds is 4. The maximum atomic E-state index is 14.9. The number of urea groups is 1. The van der Waals surface area contributed by atoms with Gasteiger partial charge in [-0.25, -0.2) is 23.6 Å². The first-order valence-electron chi connectivity index (χ1n) is 11.8. The lowest BCUT2D eigenvalue weighted by Crippen LogP contribution is -2.49. The van der Waals surface area contributed by atoms with Crippen molar-refractivity contribution in [2.24, 2.45) is 0 Å². The van der Waals surface area contributed by atoms with Crippen molar-refractivity contribution >= 4 is 17.8 Å². The van der Waals surface area contributed by atoms with Crippen LogP contribution in [0.3, 0.4) is 0 Å². The fraction of sp³-hybridized carbons (Fsp3) is 0.440. The number of hydrogen-bond acceptors (Lipinski definition) is 4. The lowest BCUT2D eigenvalue weighted by atomic mass is 10.1. The number of benzene rings is 1. The average molecular weight is 542 g/mol. The summed E-state index contributed by atoms with van der Waals surface area (Å²) in [5.41, 5.74) is -2.07. The molecule has 0 bridgehead atoms. The Balaban J connectivity index is 1.70. The molecule has 1 aliphatic heterocycles. The topological polar surface area (TPSA) is 85.8 Å². The van der Waals surface area contributed by atoms with E-state index in [1.807, 2.05) is 13.8 Å². The minimum Gasteiger partial charge on any atom is -0.333 e. The van der Waals surface area contributed by atoms with Crippen molar-refractivity contribution < 1.29 is 36.3 Å². The van der Waals surface area contributed by atoms with Gasteiger partial charge in [-0.05, 0) is 57.9 Å². The van der Waals surface area contributed by atoms with E-state index in [2.05, 4.69) is 10.3 Å². The molecule has 0 unspecified atom stereocenters. The Morgan fingerprint density at radius 1 is 1.00 bits per heavy atom. The highest BCUT2D eigenvalue weighted by Crippen LogP contribution is 2.31. The first-order valence-corrected chi connectivity index (χ1v) is 11.8. The van der Waals surface area contributed by atoms with Gasteiger partial charge in [0.15, 0.2) is 0 Å². The summed E-state index contributed by atoms with van der Waals surface area (Å²) < 4.78 is 67.6. The number of nitrogens with zero attached hydrogens (tertiary/aromatic N) is 4. The Morgan fingerprint density at radius 2 is 1.61 bits per heavy atom. The van der Waals surface area contributed by atoms with Gasteiger partial charge in [0.05, 0.1) is 22.9 Å². The lowest BCUT2D eigenvalue weighted by Gasteiger charge is -2.30. The zero-order valence-electron chi connectivity index (χ0n) is 21.4. The van der Waals surface area contributed by atoms with Gasteiger partial charge in [-0.1, -0.05) is 0 Å². The minimum absolute atomic E-state index is 0.0149.